The van der Waals surface area contributed by atoms with E-state index in [1.807, 2.05) is 19.3 Å². The van der Waals surface area contributed by atoms with Crippen LogP contribution in [0.4, 0.5) is 0 Å². The summed E-state index contributed by atoms with van der Waals surface area (Å²) < 4.78 is 5.09. The molecule has 1 N–H and O–H groups in total. The lowest BCUT2D eigenvalue weighted by atomic mass is 10.2. The summed E-state index contributed by atoms with van der Waals surface area (Å²) in [5.41, 5.74) is 1.07. The standard InChI is InChI=1S/C12H18N2O/c1-10(13-2)5-4-6-11-7-12(15-3)9-14-8-11/h4,6-10,13H,5H2,1-3H3/t10-/m1/s1. The van der Waals surface area contributed by atoms with Crippen molar-refractivity contribution in [1.82, 2.24) is 10.3 Å². The molecule has 82 valence electrons. The highest BCUT2D eigenvalue weighted by Gasteiger charge is 1.94. The van der Waals surface area contributed by atoms with Crippen LogP contribution in [0.5, 0.6) is 5.75 Å². The number of hydrogen-bond donors (Lipinski definition) is 1. The van der Waals surface area contributed by atoms with Crippen molar-refractivity contribution in [2.75, 3.05) is 14.2 Å². The summed E-state index contributed by atoms with van der Waals surface area (Å²) in [5.74, 6) is 0.791. The molecule has 0 aromatic carbocycles. The normalized spacial score (nSPS) is 13.0. The van der Waals surface area contributed by atoms with Crippen LogP contribution in [0.1, 0.15) is 18.9 Å². The van der Waals surface area contributed by atoms with Gasteiger partial charge in [-0.25, -0.2) is 0 Å². The van der Waals surface area contributed by atoms with Crippen LogP contribution in [-0.2, 0) is 0 Å². The second-order valence-corrected chi connectivity index (χ2v) is 3.49. The summed E-state index contributed by atoms with van der Waals surface area (Å²) in [5, 5.41) is 3.18. The molecule has 0 radical (unpaired) electrons. The van der Waals surface area contributed by atoms with E-state index in [2.05, 4.69) is 29.4 Å². The molecule has 0 aliphatic rings. The first-order chi connectivity index (χ1) is 7.26. The van der Waals surface area contributed by atoms with E-state index >= 15 is 0 Å². The fourth-order valence-corrected chi connectivity index (χ4v) is 1.16. The van der Waals surface area contributed by atoms with Gasteiger partial charge in [0.25, 0.3) is 0 Å². The lowest BCUT2D eigenvalue weighted by molar-refractivity contribution is 0.413. The van der Waals surface area contributed by atoms with E-state index in [1.165, 1.54) is 0 Å². The predicted molar refractivity (Wildman–Crippen MR) is 63.0 cm³/mol. The minimum Gasteiger partial charge on any atom is -0.495 e. The molecule has 0 saturated carbocycles. The van der Waals surface area contributed by atoms with Gasteiger partial charge in [-0.2, -0.15) is 0 Å². The van der Waals surface area contributed by atoms with Crippen molar-refractivity contribution < 1.29 is 4.74 Å². The number of nitrogens with one attached hydrogen (secondary N) is 1. The molecule has 1 rings (SSSR count). The minimum absolute atomic E-state index is 0.500. The van der Waals surface area contributed by atoms with Gasteiger partial charge in [0, 0.05) is 12.2 Å². The van der Waals surface area contributed by atoms with E-state index < -0.39 is 0 Å². The zero-order chi connectivity index (χ0) is 11.1. The lowest BCUT2D eigenvalue weighted by Crippen LogP contribution is -2.19. The quantitative estimate of drug-likeness (QED) is 0.801. The number of ether oxygens (including phenoxy) is 1. The van der Waals surface area contributed by atoms with Crippen molar-refractivity contribution in [3.05, 3.63) is 30.1 Å². The van der Waals surface area contributed by atoms with E-state index in [1.54, 1.807) is 13.3 Å². The van der Waals surface area contributed by atoms with Crippen LogP contribution in [0.3, 0.4) is 0 Å². The van der Waals surface area contributed by atoms with Gasteiger partial charge in [0.2, 0.25) is 0 Å². The van der Waals surface area contributed by atoms with Crippen molar-refractivity contribution in [3.8, 4) is 5.75 Å². The van der Waals surface area contributed by atoms with Crippen molar-refractivity contribution >= 4 is 6.08 Å². The van der Waals surface area contributed by atoms with Gasteiger partial charge in [0.1, 0.15) is 5.75 Å². The van der Waals surface area contributed by atoms with E-state index in [4.69, 9.17) is 4.74 Å². The molecule has 0 fully saturated rings. The van der Waals surface area contributed by atoms with Crippen molar-refractivity contribution in [2.24, 2.45) is 0 Å². The van der Waals surface area contributed by atoms with Crippen LogP contribution in [0.25, 0.3) is 6.08 Å². The molecular weight excluding hydrogens is 188 g/mol. The van der Waals surface area contributed by atoms with Crippen molar-refractivity contribution in [3.63, 3.8) is 0 Å². The summed E-state index contributed by atoms with van der Waals surface area (Å²) >= 11 is 0. The first kappa shape index (κ1) is 11.7. The molecule has 1 atom stereocenters. The number of hydrogen-bond acceptors (Lipinski definition) is 3. The SMILES string of the molecule is CN[C@H](C)CC=Cc1cncc(OC)c1. The zero-order valence-corrected chi connectivity index (χ0v) is 9.53. The number of aromatic nitrogens is 1. The summed E-state index contributed by atoms with van der Waals surface area (Å²) in [6.07, 6.45) is 8.73. The lowest BCUT2D eigenvalue weighted by Gasteiger charge is -2.05. The molecule has 0 amide bonds. The van der Waals surface area contributed by atoms with Gasteiger partial charge < -0.3 is 10.1 Å². The van der Waals surface area contributed by atoms with Gasteiger partial charge in [-0.15, -0.1) is 0 Å². The highest BCUT2D eigenvalue weighted by molar-refractivity contribution is 5.49. The Hall–Kier alpha value is -1.35. The van der Waals surface area contributed by atoms with Gasteiger partial charge in [-0.1, -0.05) is 12.2 Å². The third kappa shape index (κ3) is 4.13. The highest BCUT2D eigenvalue weighted by Crippen LogP contribution is 2.11. The van der Waals surface area contributed by atoms with E-state index in [-0.39, 0.29) is 0 Å². The monoisotopic (exact) mass is 206 g/mol. The number of methoxy groups -OCH3 is 1. The fourth-order valence-electron chi connectivity index (χ4n) is 1.16. The second kappa shape index (κ2) is 6.19. The first-order valence-electron chi connectivity index (χ1n) is 5.09. The predicted octanol–water partition coefficient (Wildman–Crippen LogP) is 2.10. The molecule has 1 heterocycles. The van der Waals surface area contributed by atoms with Crippen LogP contribution >= 0.6 is 0 Å². The Balaban J connectivity index is 2.56. The van der Waals surface area contributed by atoms with Crippen LogP contribution in [0.15, 0.2) is 24.5 Å². The molecular formula is C12H18N2O. The molecule has 0 aliphatic heterocycles. The van der Waals surface area contributed by atoms with Gasteiger partial charge in [-0.05, 0) is 32.0 Å². The van der Waals surface area contributed by atoms with Gasteiger partial charge in [0.05, 0.1) is 13.3 Å². The largest absolute Gasteiger partial charge is 0.495 e. The molecule has 0 spiro atoms. The molecule has 1 aromatic heterocycles. The van der Waals surface area contributed by atoms with Crippen molar-refractivity contribution in [1.29, 1.82) is 0 Å². The van der Waals surface area contributed by atoms with Gasteiger partial charge in [-0.3, -0.25) is 4.98 Å². The molecule has 15 heavy (non-hydrogen) atoms. The topological polar surface area (TPSA) is 34.2 Å². The molecule has 0 bridgehead atoms. The Kier molecular flexibility index (Phi) is 4.84. The third-order valence-corrected chi connectivity index (χ3v) is 2.26. The Morgan fingerprint density at radius 2 is 2.33 bits per heavy atom. The van der Waals surface area contributed by atoms with E-state index in [0.29, 0.717) is 6.04 Å². The molecule has 3 nitrogen and oxygen atoms in total. The second-order valence-electron chi connectivity index (χ2n) is 3.49. The van der Waals surface area contributed by atoms with Crippen molar-refractivity contribution in [2.45, 2.75) is 19.4 Å². The van der Waals surface area contributed by atoms with E-state index in [9.17, 15) is 0 Å². The Morgan fingerprint density at radius 1 is 1.53 bits per heavy atom. The maximum atomic E-state index is 5.09. The molecule has 0 saturated heterocycles. The fraction of sp³-hybridized carbons (Fsp3) is 0.417. The number of pyridine rings is 1. The first-order valence-corrected chi connectivity index (χ1v) is 5.09. The van der Waals surface area contributed by atoms with Gasteiger partial charge >= 0.3 is 0 Å². The number of rotatable bonds is 5. The molecule has 1 aromatic rings. The van der Waals surface area contributed by atoms with Gasteiger partial charge in [0.15, 0.2) is 0 Å². The molecule has 0 aliphatic carbocycles. The minimum atomic E-state index is 0.500. The maximum Gasteiger partial charge on any atom is 0.137 e. The summed E-state index contributed by atoms with van der Waals surface area (Å²) in [7, 11) is 3.61. The zero-order valence-electron chi connectivity index (χ0n) is 9.53. The molecule has 3 heteroatoms. The van der Waals surface area contributed by atoms with Crippen LogP contribution in [0.2, 0.25) is 0 Å². The average molecular weight is 206 g/mol. The Morgan fingerprint density at radius 3 is 3.00 bits per heavy atom. The van der Waals surface area contributed by atoms with Crippen LogP contribution < -0.4 is 10.1 Å². The maximum absolute atomic E-state index is 5.09. The third-order valence-electron chi connectivity index (χ3n) is 2.26. The Labute approximate surface area is 91.2 Å². The summed E-state index contributed by atoms with van der Waals surface area (Å²) in [6.45, 7) is 2.15. The molecule has 0 unspecified atom stereocenters. The summed E-state index contributed by atoms with van der Waals surface area (Å²) in [6, 6.07) is 2.47. The van der Waals surface area contributed by atoms with Crippen LogP contribution in [-0.4, -0.2) is 25.2 Å². The highest BCUT2D eigenvalue weighted by atomic mass is 16.5. The van der Waals surface area contributed by atoms with Crippen LogP contribution in [0, 0.1) is 0 Å². The summed E-state index contributed by atoms with van der Waals surface area (Å²) in [4.78, 5) is 4.08. The average Bonchev–Trinajstić information content (AvgIpc) is 2.29. The smallest absolute Gasteiger partial charge is 0.137 e. The van der Waals surface area contributed by atoms with E-state index in [0.717, 1.165) is 17.7 Å². The Bertz CT molecular complexity index is 323. The number of nitrogens with zero attached hydrogens (tertiary/aromatic N) is 1.